The fraction of sp³-hybridized carbons (Fsp3) is 0.789. The molecule has 138 valence electrons. The minimum absolute atomic E-state index is 0.0133. The van der Waals surface area contributed by atoms with E-state index in [2.05, 4.69) is 27.3 Å². The van der Waals surface area contributed by atoms with Crippen LogP contribution in [0.15, 0.2) is 0 Å². The second-order valence-corrected chi connectivity index (χ2v) is 7.81. The quantitative estimate of drug-likeness (QED) is 0.854. The maximum atomic E-state index is 12.8. The number of aromatic nitrogens is 2. The van der Waals surface area contributed by atoms with Crippen LogP contribution < -0.4 is 5.32 Å². The average molecular weight is 346 g/mol. The van der Waals surface area contributed by atoms with Gasteiger partial charge in [0, 0.05) is 49.6 Å². The van der Waals surface area contributed by atoms with Crippen LogP contribution in [0, 0.1) is 5.92 Å². The maximum Gasteiger partial charge on any atom is 0.272 e. The van der Waals surface area contributed by atoms with Gasteiger partial charge in [0.25, 0.3) is 5.91 Å². The second-order valence-electron chi connectivity index (χ2n) is 7.81. The Labute approximate surface area is 149 Å². The van der Waals surface area contributed by atoms with E-state index in [1.165, 1.54) is 6.42 Å². The number of hydrogen-bond donors (Lipinski definition) is 2. The molecule has 0 aromatic carbocycles. The summed E-state index contributed by atoms with van der Waals surface area (Å²) < 4.78 is 5.51. The van der Waals surface area contributed by atoms with E-state index in [1.54, 1.807) is 0 Å². The van der Waals surface area contributed by atoms with Gasteiger partial charge in [-0.25, -0.2) is 0 Å². The molecule has 2 saturated heterocycles. The lowest BCUT2D eigenvalue weighted by Gasteiger charge is -2.31. The van der Waals surface area contributed by atoms with Crippen molar-refractivity contribution in [1.29, 1.82) is 0 Å². The number of carbonyl (C=O) groups is 1. The highest BCUT2D eigenvalue weighted by molar-refractivity contribution is 5.94. The molecule has 3 heterocycles. The minimum Gasteiger partial charge on any atom is -0.381 e. The van der Waals surface area contributed by atoms with Crippen LogP contribution in [-0.2, 0) is 17.6 Å². The van der Waals surface area contributed by atoms with Gasteiger partial charge in [0.2, 0.25) is 0 Å². The Bertz CT molecular complexity index is 609. The van der Waals surface area contributed by atoms with Crippen LogP contribution in [0.2, 0.25) is 0 Å². The maximum absolute atomic E-state index is 12.8. The zero-order valence-electron chi connectivity index (χ0n) is 15.2. The van der Waals surface area contributed by atoms with Crippen LogP contribution in [0.25, 0.3) is 0 Å². The number of ether oxygens (including phenoxy) is 1. The van der Waals surface area contributed by atoms with Crippen LogP contribution in [0.1, 0.15) is 60.8 Å². The van der Waals surface area contributed by atoms with Crippen molar-refractivity contribution in [3.8, 4) is 0 Å². The van der Waals surface area contributed by atoms with E-state index >= 15 is 0 Å². The van der Waals surface area contributed by atoms with E-state index < -0.39 is 0 Å². The van der Waals surface area contributed by atoms with Crippen LogP contribution >= 0.6 is 0 Å². The van der Waals surface area contributed by atoms with E-state index in [0.29, 0.717) is 17.7 Å². The standard InChI is InChI=1S/C19H30N4O2/c1-2-4-13-11-23(14-7-9-25-10-8-14)12-17(13)20-19(24)18-15-5-3-6-16(15)21-22-18/h13-14,17H,2-12H2,1H3,(H,20,24)(H,21,22)/t13-,17-/m1/s1. The predicted octanol–water partition coefficient (Wildman–Crippen LogP) is 1.91. The van der Waals surface area contributed by atoms with E-state index in [1.807, 2.05) is 0 Å². The lowest BCUT2D eigenvalue weighted by Crippen LogP contribution is -2.43. The fourth-order valence-electron chi connectivity index (χ4n) is 4.82. The highest BCUT2D eigenvalue weighted by atomic mass is 16.5. The van der Waals surface area contributed by atoms with Crippen molar-refractivity contribution in [3.05, 3.63) is 17.0 Å². The predicted molar refractivity (Wildman–Crippen MR) is 95.7 cm³/mol. The first kappa shape index (κ1) is 17.0. The highest BCUT2D eigenvalue weighted by Gasteiger charge is 2.37. The monoisotopic (exact) mass is 346 g/mol. The van der Waals surface area contributed by atoms with Crippen LogP contribution in [-0.4, -0.2) is 59.4 Å². The number of likely N-dealkylation sites (tertiary alicyclic amines) is 1. The Balaban J connectivity index is 1.43. The molecule has 0 bridgehead atoms. The number of nitrogens with zero attached hydrogens (tertiary/aromatic N) is 2. The third-order valence-corrected chi connectivity index (χ3v) is 6.17. The largest absolute Gasteiger partial charge is 0.381 e. The zero-order valence-corrected chi connectivity index (χ0v) is 15.2. The number of rotatable bonds is 5. The molecule has 2 atom stereocenters. The number of aryl methyl sites for hydroxylation is 1. The Kier molecular flexibility index (Phi) is 5.08. The van der Waals surface area contributed by atoms with Crippen molar-refractivity contribution in [1.82, 2.24) is 20.4 Å². The molecule has 25 heavy (non-hydrogen) atoms. The second kappa shape index (κ2) is 7.46. The summed E-state index contributed by atoms with van der Waals surface area (Å²) in [6.07, 6.45) is 7.70. The molecule has 6 heteroatoms. The van der Waals surface area contributed by atoms with E-state index in [4.69, 9.17) is 4.74 Å². The van der Waals surface area contributed by atoms with Crippen molar-refractivity contribution < 1.29 is 9.53 Å². The molecule has 1 amide bonds. The summed E-state index contributed by atoms with van der Waals surface area (Å²) in [5.74, 6) is 0.558. The number of amides is 1. The summed E-state index contributed by atoms with van der Waals surface area (Å²) in [4.78, 5) is 15.4. The van der Waals surface area contributed by atoms with Gasteiger partial charge in [-0.1, -0.05) is 13.3 Å². The van der Waals surface area contributed by atoms with Crippen molar-refractivity contribution >= 4 is 5.91 Å². The van der Waals surface area contributed by atoms with Crippen LogP contribution in [0.4, 0.5) is 0 Å². The molecule has 2 fully saturated rings. The van der Waals surface area contributed by atoms with Gasteiger partial charge in [0.1, 0.15) is 0 Å². The third kappa shape index (κ3) is 3.47. The van der Waals surface area contributed by atoms with Gasteiger partial charge in [-0.3, -0.25) is 14.8 Å². The van der Waals surface area contributed by atoms with Gasteiger partial charge in [-0.05, 0) is 44.4 Å². The number of hydrogen-bond acceptors (Lipinski definition) is 4. The molecule has 1 aromatic rings. The Hall–Kier alpha value is -1.40. The first-order valence-corrected chi connectivity index (χ1v) is 9.95. The molecule has 2 N–H and O–H groups in total. The smallest absolute Gasteiger partial charge is 0.272 e. The van der Waals surface area contributed by atoms with Gasteiger partial charge >= 0.3 is 0 Å². The molecule has 3 aliphatic rings. The molecule has 1 aliphatic carbocycles. The molecule has 0 radical (unpaired) electrons. The molecular formula is C19H30N4O2. The van der Waals surface area contributed by atoms with Gasteiger partial charge in [-0.2, -0.15) is 5.10 Å². The summed E-state index contributed by atoms with van der Waals surface area (Å²) in [6, 6.07) is 0.855. The lowest BCUT2D eigenvalue weighted by atomic mass is 9.98. The third-order valence-electron chi connectivity index (χ3n) is 6.17. The first-order valence-electron chi connectivity index (χ1n) is 9.95. The van der Waals surface area contributed by atoms with Gasteiger partial charge in [-0.15, -0.1) is 0 Å². The zero-order chi connectivity index (χ0) is 17.2. The van der Waals surface area contributed by atoms with E-state index in [-0.39, 0.29) is 11.9 Å². The molecule has 0 unspecified atom stereocenters. The highest BCUT2D eigenvalue weighted by Crippen LogP contribution is 2.28. The van der Waals surface area contributed by atoms with Crippen LogP contribution in [0.5, 0.6) is 0 Å². The number of aromatic amines is 1. The SMILES string of the molecule is CCC[C@@H]1CN(C2CCOCC2)C[C@H]1NC(=O)c1n[nH]c2c1CCC2. The number of fused-ring (bicyclic) bond motifs is 1. The van der Waals surface area contributed by atoms with E-state index in [0.717, 1.165) is 76.1 Å². The summed E-state index contributed by atoms with van der Waals surface area (Å²) in [6.45, 7) is 6.04. The number of carbonyl (C=O) groups excluding carboxylic acids is 1. The van der Waals surface area contributed by atoms with E-state index in [9.17, 15) is 4.79 Å². The summed E-state index contributed by atoms with van der Waals surface area (Å²) in [5, 5.41) is 10.7. The summed E-state index contributed by atoms with van der Waals surface area (Å²) >= 11 is 0. The molecule has 0 saturated carbocycles. The number of nitrogens with one attached hydrogen (secondary N) is 2. The normalized spacial score (nSPS) is 27.6. The minimum atomic E-state index is 0.0133. The molecule has 0 spiro atoms. The Morgan fingerprint density at radius 1 is 1.32 bits per heavy atom. The summed E-state index contributed by atoms with van der Waals surface area (Å²) in [5.41, 5.74) is 2.93. The topological polar surface area (TPSA) is 70.2 Å². The van der Waals surface area contributed by atoms with Gasteiger partial charge < -0.3 is 10.1 Å². The average Bonchev–Trinajstić information content (AvgIpc) is 3.32. The fourth-order valence-corrected chi connectivity index (χ4v) is 4.82. The molecule has 6 nitrogen and oxygen atoms in total. The van der Waals surface area contributed by atoms with Gasteiger partial charge in [0.05, 0.1) is 0 Å². The Morgan fingerprint density at radius 2 is 2.16 bits per heavy atom. The molecule has 4 rings (SSSR count). The molecule has 2 aliphatic heterocycles. The van der Waals surface area contributed by atoms with Crippen molar-refractivity contribution in [3.63, 3.8) is 0 Å². The van der Waals surface area contributed by atoms with Crippen LogP contribution in [0.3, 0.4) is 0 Å². The Morgan fingerprint density at radius 3 is 2.96 bits per heavy atom. The first-order chi connectivity index (χ1) is 12.3. The van der Waals surface area contributed by atoms with Crippen molar-refractivity contribution in [2.24, 2.45) is 5.92 Å². The molecular weight excluding hydrogens is 316 g/mol. The molecule has 1 aromatic heterocycles. The lowest BCUT2D eigenvalue weighted by molar-refractivity contribution is 0.0405. The van der Waals surface area contributed by atoms with Crippen molar-refractivity contribution in [2.45, 2.75) is 64.0 Å². The van der Waals surface area contributed by atoms with Crippen molar-refractivity contribution in [2.75, 3.05) is 26.3 Å². The number of H-pyrrole nitrogens is 1. The van der Waals surface area contributed by atoms with Gasteiger partial charge in [0.15, 0.2) is 5.69 Å². The summed E-state index contributed by atoms with van der Waals surface area (Å²) in [7, 11) is 0.